The van der Waals surface area contributed by atoms with Gasteiger partial charge in [-0.05, 0) is 0 Å². The molecule has 0 fully saturated rings. The lowest BCUT2D eigenvalue weighted by Crippen LogP contribution is -2.16. The summed E-state index contributed by atoms with van der Waals surface area (Å²) in [5.41, 5.74) is -0.515. The predicted octanol–water partition coefficient (Wildman–Crippen LogP) is -0.185. The molecule has 5 heteroatoms. The van der Waals surface area contributed by atoms with E-state index < -0.39 is 23.2 Å². The number of carbonyl (C=O) groups is 2. The summed E-state index contributed by atoms with van der Waals surface area (Å²) in [5, 5.41) is 19.4. The standard InChI is InChI=1S/C7H9NO4/c1-4(7(11)12)5(9)3-6(10)8-2/h3,9H,1H2,2H3,(H,8,10)(H,11,12)/b5-3+. The molecule has 3 N–H and O–H groups in total. The van der Waals surface area contributed by atoms with Crippen molar-refractivity contribution in [1.82, 2.24) is 5.32 Å². The van der Waals surface area contributed by atoms with Gasteiger partial charge in [-0.2, -0.15) is 0 Å². The number of carbonyl (C=O) groups excluding carboxylic acids is 1. The van der Waals surface area contributed by atoms with Gasteiger partial charge in [-0.15, -0.1) is 0 Å². The van der Waals surface area contributed by atoms with Crippen molar-refractivity contribution in [1.29, 1.82) is 0 Å². The molecule has 1 amide bonds. The van der Waals surface area contributed by atoms with Crippen LogP contribution in [0.2, 0.25) is 0 Å². The summed E-state index contributed by atoms with van der Waals surface area (Å²) >= 11 is 0. The molecule has 12 heavy (non-hydrogen) atoms. The zero-order chi connectivity index (χ0) is 9.72. The van der Waals surface area contributed by atoms with Gasteiger partial charge in [-0.25, -0.2) is 4.79 Å². The molecule has 0 rings (SSSR count). The van der Waals surface area contributed by atoms with E-state index >= 15 is 0 Å². The second-order valence-corrected chi connectivity index (χ2v) is 1.93. The highest BCUT2D eigenvalue weighted by molar-refractivity contribution is 5.94. The SMILES string of the molecule is C=C(C(=O)O)/C(O)=C\C(=O)NC. The molecule has 0 aliphatic rings. The Bertz CT molecular complexity index is 254. The number of amides is 1. The van der Waals surface area contributed by atoms with Gasteiger partial charge >= 0.3 is 5.97 Å². The number of carboxylic acid groups (broad SMARTS) is 1. The third-order valence-corrected chi connectivity index (χ3v) is 1.08. The molecule has 0 aromatic heterocycles. The summed E-state index contributed by atoms with van der Waals surface area (Å²) in [6.07, 6.45) is 0.746. The maximum Gasteiger partial charge on any atom is 0.338 e. The summed E-state index contributed by atoms with van der Waals surface area (Å²) in [6, 6.07) is 0. The first kappa shape index (κ1) is 10.2. The van der Waals surface area contributed by atoms with Crippen LogP contribution in [0.25, 0.3) is 0 Å². The van der Waals surface area contributed by atoms with Crippen molar-refractivity contribution in [2.75, 3.05) is 7.05 Å². The minimum atomic E-state index is -1.37. The number of hydrogen-bond donors (Lipinski definition) is 3. The Hall–Kier alpha value is -1.78. The van der Waals surface area contributed by atoms with E-state index in [-0.39, 0.29) is 0 Å². The number of nitrogens with one attached hydrogen (secondary N) is 1. The van der Waals surface area contributed by atoms with Crippen LogP contribution in [0.15, 0.2) is 24.0 Å². The Kier molecular flexibility index (Phi) is 3.55. The Morgan fingerprint density at radius 2 is 1.92 bits per heavy atom. The normalized spacial score (nSPS) is 10.6. The van der Waals surface area contributed by atoms with Gasteiger partial charge in [0.05, 0.1) is 5.57 Å². The minimum absolute atomic E-state index is 0.515. The van der Waals surface area contributed by atoms with Gasteiger partial charge in [-0.1, -0.05) is 6.58 Å². The van der Waals surface area contributed by atoms with Gasteiger partial charge in [-0.3, -0.25) is 4.79 Å². The van der Waals surface area contributed by atoms with Crippen LogP contribution in [-0.2, 0) is 9.59 Å². The highest BCUT2D eigenvalue weighted by Gasteiger charge is 2.09. The number of aliphatic carboxylic acids is 1. The fraction of sp³-hybridized carbons (Fsp3) is 0.143. The molecule has 0 saturated carbocycles. The summed E-state index contributed by atoms with van der Waals surface area (Å²) in [5.74, 6) is -2.61. The van der Waals surface area contributed by atoms with Crippen LogP contribution in [0.4, 0.5) is 0 Å². The van der Waals surface area contributed by atoms with Crippen LogP contribution >= 0.6 is 0 Å². The molecular formula is C7H9NO4. The van der Waals surface area contributed by atoms with Gasteiger partial charge in [0.1, 0.15) is 5.76 Å². The van der Waals surface area contributed by atoms with Crippen molar-refractivity contribution in [3.63, 3.8) is 0 Å². The molecule has 0 spiro atoms. The molecule has 0 bridgehead atoms. The smallest absolute Gasteiger partial charge is 0.338 e. The second-order valence-electron chi connectivity index (χ2n) is 1.93. The minimum Gasteiger partial charge on any atom is -0.507 e. The molecule has 0 aromatic carbocycles. The van der Waals surface area contributed by atoms with Gasteiger partial charge < -0.3 is 15.5 Å². The molecule has 0 aliphatic carbocycles. The Balaban J connectivity index is 4.48. The average molecular weight is 171 g/mol. The first-order valence-corrected chi connectivity index (χ1v) is 3.04. The largest absolute Gasteiger partial charge is 0.507 e. The average Bonchev–Trinajstić information content (AvgIpc) is 2.02. The first-order chi connectivity index (χ1) is 5.49. The maximum atomic E-state index is 10.6. The van der Waals surface area contributed by atoms with Crippen LogP contribution in [0.5, 0.6) is 0 Å². The summed E-state index contributed by atoms with van der Waals surface area (Å²) in [4.78, 5) is 20.7. The van der Waals surface area contributed by atoms with E-state index in [2.05, 4.69) is 11.9 Å². The lowest BCUT2D eigenvalue weighted by molar-refractivity contribution is -0.132. The van der Waals surface area contributed by atoms with Crippen molar-refractivity contribution in [2.24, 2.45) is 0 Å². The Labute approximate surface area is 69.0 Å². The van der Waals surface area contributed by atoms with E-state index in [9.17, 15) is 9.59 Å². The van der Waals surface area contributed by atoms with E-state index in [1.54, 1.807) is 0 Å². The highest BCUT2D eigenvalue weighted by atomic mass is 16.4. The van der Waals surface area contributed by atoms with Gasteiger partial charge in [0.25, 0.3) is 0 Å². The van der Waals surface area contributed by atoms with Crippen molar-refractivity contribution < 1.29 is 19.8 Å². The topological polar surface area (TPSA) is 86.6 Å². The lowest BCUT2D eigenvalue weighted by atomic mass is 10.2. The van der Waals surface area contributed by atoms with Crippen molar-refractivity contribution in [3.05, 3.63) is 24.0 Å². The van der Waals surface area contributed by atoms with Crippen LogP contribution < -0.4 is 5.32 Å². The first-order valence-electron chi connectivity index (χ1n) is 3.04. The fourth-order valence-electron chi connectivity index (χ4n) is 0.393. The monoisotopic (exact) mass is 171 g/mol. The van der Waals surface area contributed by atoms with Crippen LogP contribution in [0.3, 0.4) is 0 Å². The zero-order valence-electron chi connectivity index (χ0n) is 6.50. The van der Waals surface area contributed by atoms with E-state index in [0.717, 1.165) is 6.08 Å². The van der Waals surface area contributed by atoms with E-state index in [1.165, 1.54) is 7.05 Å². The highest BCUT2D eigenvalue weighted by Crippen LogP contribution is 2.02. The predicted molar refractivity (Wildman–Crippen MR) is 41.6 cm³/mol. The second kappa shape index (κ2) is 4.17. The summed E-state index contributed by atoms with van der Waals surface area (Å²) < 4.78 is 0. The van der Waals surface area contributed by atoms with Crippen molar-refractivity contribution >= 4 is 11.9 Å². The molecule has 0 unspecified atom stereocenters. The molecule has 0 aromatic rings. The van der Waals surface area contributed by atoms with Crippen LogP contribution in [-0.4, -0.2) is 29.1 Å². The van der Waals surface area contributed by atoms with Crippen molar-refractivity contribution in [2.45, 2.75) is 0 Å². The molecule has 5 nitrogen and oxygen atoms in total. The number of likely N-dealkylation sites (N-methyl/N-ethyl adjacent to an activating group) is 1. The quantitative estimate of drug-likeness (QED) is 0.312. The van der Waals surface area contributed by atoms with Crippen molar-refractivity contribution in [3.8, 4) is 0 Å². The third-order valence-electron chi connectivity index (χ3n) is 1.08. The number of carboxylic acids is 1. The molecule has 66 valence electrons. The number of rotatable bonds is 3. The lowest BCUT2D eigenvalue weighted by Gasteiger charge is -1.97. The molecule has 0 atom stereocenters. The third kappa shape index (κ3) is 2.87. The van der Waals surface area contributed by atoms with Gasteiger partial charge in [0.2, 0.25) is 5.91 Å². The number of hydrogen-bond acceptors (Lipinski definition) is 3. The van der Waals surface area contributed by atoms with E-state index in [4.69, 9.17) is 10.2 Å². The number of aliphatic hydroxyl groups excluding tert-OH is 1. The van der Waals surface area contributed by atoms with Gasteiger partial charge in [0.15, 0.2) is 0 Å². The molecule has 0 aliphatic heterocycles. The number of aliphatic hydroxyl groups is 1. The summed E-state index contributed by atoms with van der Waals surface area (Å²) in [7, 11) is 1.36. The van der Waals surface area contributed by atoms with Crippen LogP contribution in [0, 0.1) is 0 Å². The van der Waals surface area contributed by atoms with E-state index in [0.29, 0.717) is 0 Å². The molecule has 0 radical (unpaired) electrons. The molecule has 0 saturated heterocycles. The molecule has 0 heterocycles. The fourth-order valence-corrected chi connectivity index (χ4v) is 0.393. The van der Waals surface area contributed by atoms with Gasteiger partial charge in [0, 0.05) is 13.1 Å². The van der Waals surface area contributed by atoms with E-state index in [1.807, 2.05) is 0 Å². The van der Waals surface area contributed by atoms with Crippen LogP contribution in [0.1, 0.15) is 0 Å². The Morgan fingerprint density at radius 3 is 2.25 bits per heavy atom. The Morgan fingerprint density at radius 1 is 1.42 bits per heavy atom. The molecular weight excluding hydrogens is 162 g/mol. The summed E-state index contributed by atoms with van der Waals surface area (Å²) in [6.45, 7) is 3.04. The zero-order valence-corrected chi connectivity index (χ0v) is 6.50. The maximum absolute atomic E-state index is 10.6.